The van der Waals surface area contributed by atoms with Crippen LogP contribution in [0.25, 0.3) is 11.2 Å². The van der Waals surface area contributed by atoms with Gasteiger partial charge in [-0.1, -0.05) is 197 Å². The summed E-state index contributed by atoms with van der Waals surface area (Å²) in [5.41, 5.74) is 5.00. The molecule has 4 N–H and O–H groups in total. The molecule has 1 aliphatic heterocycles. The summed E-state index contributed by atoms with van der Waals surface area (Å²) in [6.45, 7) is 6.27. The van der Waals surface area contributed by atoms with Gasteiger partial charge in [0.2, 0.25) is 0 Å². The molecular formula is C57H85FN7O8P. The van der Waals surface area contributed by atoms with Gasteiger partial charge in [0.25, 0.3) is 0 Å². The third-order valence-corrected chi connectivity index (χ3v) is 15.2. The van der Waals surface area contributed by atoms with Crippen molar-refractivity contribution in [2.24, 2.45) is 0 Å². The van der Waals surface area contributed by atoms with E-state index in [1.807, 2.05) is 30.3 Å². The highest BCUT2D eigenvalue weighted by Crippen LogP contribution is 2.49. The summed E-state index contributed by atoms with van der Waals surface area (Å²) in [6.07, 6.45) is 29.6. The van der Waals surface area contributed by atoms with Gasteiger partial charge in [0.05, 0.1) is 6.33 Å². The second kappa shape index (κ2) is 33.1. The lowest BCUT2D eigenvalue weighted by atomic mass is 9.98. The number of nitrogens with one attached hydrogen (secondary N) is 2. The first-order valence-corrected chi connectivity index (χ1v) is 29.3. The molecule has 1 aliphatic rings. The van der Waals surface area contributed by atoms with E-state index in [0.29, 0.717) is 6.54 Å². The fourth-order valence-corrected chi connectivity index (χ4v) is 10.9. The molecule has 0 spiro atoms. The number of ether oxygens (including phenoxy) is 3. The lowest BCUT2D eigenvalue weighted by molar-refractivity contribution is -0.152. The highest BCUT2D eigenvalue weighted by atomic mass is 31.2. The Bertz CT molecular complexity index is 2300. The minimum Gasteiger partial charge on any atom is -0.461 e. The van der Waals surface area contributed by atoms with Crippen LogP contribution in [-0.2, 0) is 34.5 Å². The van der Waals surface area contributed by atoms with Gasteiger partial charge in [0.15, 0.2) is 28.7 Å². The van der Waals surface area contributed by atoms with Crippen LogP contribution < -0.4 is 20.7 Å². The van der Waals surface area contributed by atoms with Crippen molar-refractivity contribution in [3.63, 3.8) is 0 Å². The lowest BCUT2D eigenvalue weighted by Gasteiger charge is -2.31. The second-order valence-electron chi connectivity index (χ2n) is 19.8. The zero-order valence-electron chi connectivity index (χ0n) is 44.5. The molecular weight excluding hydrogens is 961 g/mol. The first-order chi connectivity index (χ1) is 36.0. The zero-order valence-corrected chi connectivity index (χ0v) is 45.4. The molecule has 1 fully saturated rings. The normalized spacial score (nSPS) is 17.7. The fourth-order valence-electron chi connectivity index (χ4n) is 9.37. The SMILES string of the molecule is C#C[C@]1(CO[P@@](=O)(N[C@@H](Cc2ccccc2)C(=O)OC(CCCCCCCCCCC)CCCCCCCCCCC)Oc2ccccc2)O[C@@H](n2cnc3c(N)nc(F)nc32)C[C@@H]1OC(=O)NCCCCCC. The molecule has 5 atom stereocenters. The van der Waals surface area contributed by atoms with E-state index < -0.39 is 56.5 Å². The summed E-state index contributed by atoms with van der Waals surface area (Å²) >= 11 is 0. The van der Waals surface area contributed by atoms with Crippen LogP contribution in [0.4, 0.5) is 15.0 Å². The van der Waals surface area contributed by atoms with E-state index in [1.54, 1.807) is 30.3 Å². The van der Waals surface area contributed by atoms with Gasteiger partial charge in [-0.15, -0.1) is 6.42 Å². The van der Waals surface area contributed by atoms with Crippen LogP contribution in [0.2, 0.25) is 0 Å². The highest BCUT2D eigenvalue weighted by molar-refractivity contribution is 7.52. The van der Waals surface area contributed by atoms with E-state index in [-0.39, 0.29) is 41.7 Å². The molecule has 5 rings (SSSR count). The molecule has 0 saturated carbocycles. The minimum absolute atomic E-state index is 0.0174. The van der Waals surface area contributed by atoms with Crippen molar-refractivity contribution in [1.82, 2.24) is 29.9 Å². The number of fused-ring (bicyclic) bond motifs is 1. The molecule has 1 amide bonds. The Hall–Kier alpha value is -5.07. The summed E-state index contributed by atoms with van der Waals surface area (Å²) in [6, 6.07) is 16.6. The number of carbonyl (C=O) groups is 2. The standard InChI is InChI=1S/C57H85FN7O8P/c1-5-9-12-15-17-19-21-23-29-36-46(37-30-24-22-20-18-16-13-10-6-2)70-54(66)48(41-45-34-27-25-28-35-45)64-74(68,73-47-38-31-26-32-39-47)69-43-57(8-4)49(71-56(67)60-40-33-14-11-7-3)42-50(72-57)65-44-61-51-52(59)62-55(58)63-53(51)65/h4,25-28,31-32,34-35,38-39,44,46,48-50H,5-7,9-24,29-30,33,36-37,40-43H2,1-3H3,(H,60,67)(H,64,68)(H2,59,62,63)/t48-,49-,50+,57+,74-/m0/s1. The second-order valence-corrected chi connectivity index (χ2v) is 21.5. The largest absolute Gasteiger partial charge is 0.461 e. The molecule has 0 aliphatic carbocycles. The van der Waals surface area contributed by atoms with Crippen molar-refractivity contribution in [1.29, 1.82) is 0 Å². The fraction of sp³-hybridized carbons (Fsp3) is 0.632. The van der Waals surface area contributed by atoms with Crippen molar-refractivity contribution in [3.8, 4) is 18.1 Å². The molecule has 408 valence electrons. The average molecular weight is 1050 g/mol. The van der Waals surface area contributed by atoms with E-state index in [9.17, 15) is 14.0 Å². The molecule has 3 heterocycles. The smallest absolute Gasteiger partial charge is 0.459 e. The highest BCUT2D eigenvalue weighted by Gasteiger charge is 2.53. The van der Waals surface area contributed by atoms with Gasteiger partial charge in [-0.2, -0.15) is 19.4 Å². The number of alkyl carbamates (subject to hydrolysis) is 1. The van der Waals surface area contributed by atoms with Gasteiger partial charge >= 0.3 is 25.9 Å². The number of halogens is 1. The van der Waals surface area contributed by atoms with Gasteiger partial charge < -0.3 is 29.8 Å². The first-order valence-electron chi connectivity index (χ1n) is 27.8. The number of esters is 1. The Morgan fingerprint density at radius 1 is 0.824 bits per heavy atom. The van der Waals surface area contributed by atoms with Crippen LogP contribution in [0.1, 0.15) is 193 Å². The van der Waals surface area contributed by atoms with E-state index in [4.69, 9.17) is 35.4 Å². The van der Waals surface area contributed by atoms with Gasteiger partial charge in [0, 0.05) is 13.0 Å². The van der Waals surface area contributed by atoms with Crippen molar-refractivity contribution >= 4 is 36.8 Å². The number of benzene rings is 2. The van der Waals surface area contributed by atoms with Crippen molar-refractivity contribution in [2.75, 3.05) is 18.9 Å². The van der Waals surface area contributed by atoms with Gasteiger partial charge in [0.1, 0.15) is 30.7 Å². The molecule has 2 aromatic heterocycles. The zero-order chi connectivity index (χ0) is 52.9. The third-order valence-electron chi connectivity index (χ3n) is 13.6. The van der Waals surface area contributed by atoms with Crippen LogP contribution >= 0.6 is 7.75 Å². The maximum Gasteiger partial charge on any atom is 0.459 e. The number of amides is 1. The Kier molecular flexibility index (Phi) is 26.7. The van der Waals surface area contributed by atoms with Crippen molar-refractivity contribution in [2.45, 2.75) is 218 Å². The number of terminal acetylenes is 1. The number of nitrogens with zero attached hydrogens (tertiary/aromatic N) is 4. The number of imidazole rings is 1. The molecule has 4 aromatic rings. The number of anilines is 1. The van der Waals surface area contributed by atoms with Crippen molar-refractivity contribution < 1.29 is 41.8 Å². The van der Waals surface area contributed by atoms with Gasteiger partial charge in [-0.05, 0) is 56.2 Å². The number of unbranched alkanes of at least 4 members (excludes halogenated alkanes) is 19. The third kappa shape index (κ3) is 20.2. The monoisotopic (exact) mass is 1050 g/mol. The summed E-state index contributed by atoms with van der Waals surface area (Å²) in [5, 5.41) is 5.78. The number of hydrogen-bond acceptors (Lipinski definition) is 12. The van der Waals surface area contributed by atoms with Gasteiger partial charge in [-0.25, -0.2) is 14.3 Å². The Morgan fingerprint density at radius 2 is 1.38 bits per heavy atom. The number of nitrogens with two attached hydrogens (primary N) is 1. The van der Waals surface area contributed by atoms with E-state index >= 15 is 4.57 Å². The maximum atomic E-state index is 15.5. The quantitative estimate of drug-likeness (QED) is 0.0126. The Morgan fingerprint density at radius 3 is 1.96 bits per heavy atom. The number of para-hydroxylation sites is 1. The molecule has 74 heavy (non-hydrogen) atoms. The Labute approximate surface area is 440 Å². The maximum absolute atomic E-state index is 15.5. The summed E-state index contributed by atoms with van der Waals surface area (Å²) in [5.74, 6) is 2.04. The first kappa shape index (κ1) is 59.8. The predicted molar refractivity (Wildman–Crippen MR) is 290 cm³/mol. The van der Waals surface area contributed by atoms with Crippen LogP contribution in [0, 0.1) is 18.4 Å². The number of hydrogen-bond donors (Lipinski definition) is 3. The summed E-state index contributed by atoms with van der Waals surface area (Å²) in [4.78, 5) is 40.0. The molecule has 0 radical (unpaired) electrons. The molecule has 2 aromatic carbocycles. The summed E-state index contributed by atoms with van der Waals surface area (Å²) in [7, 11) is -4.64. The van der Waals surface area contributed by atoms with Crippen molar-refractivity contribution in [3.05, 3.63) is 78.6 Å². The predicted octanol–water partition coefficient (Wildman–Crippen LogP) is 13.7. The number of nitrogen functional groups attached to an aromatic ring is 1. The number of rotatable bonds is 38. The van der Waals surface area contributed by atoms with Crippen LogP contribution in [0.3, 0.4) is 0 Å². The number of aromatic nitrogens is 4. The summed E-state index contributed by atoms with van der Waals surface area (Å²) < 4.78 is 63.1. The van der Waals surface area contributed by atoms with E-state index in [2.05, 4.69) is 52.0 Å². The van der Waals surface area contributed by atoms with E-state index in [1.165, 1.54) is 87.9 Å². The minimum atomic E-state index is -4.64. The topological polar surface area (TPSA) is 191 Å². The van der Waals surface area contributed by atoms with Crippen LogP contribution in [0.15, 0.2) is 67.0 Å². The van der Waals surface area contributed by atoms with E-state index in [0.717, 1.165) is 82.6 Å². The molecule has 15 nitrogen and oxygen atoms in total. The molecule has 1 saturated heterocycles. The molecule has 0 unspecified atom stereocenters. The van der Waals surface area contributed by atoms with Gasteiger partial charge in [-0.3, -0.25) is 13.9 Å². The molecule has 0 bridgehead atoms. The average Bonchev–Trinajstić information content (AvgIpc) is 3.99. The lowest BCUT2D eigenvalue weighted by Crippen LogP contribution is -2.47. The van der Waals surface area contributed by atoms with Crippen LogP contribution in [0.5, 0.6) is 5.75 Å². The Balaban J connectivity index is 1.39. The molecule has 17 heteroatoms. The van der Waals surface area contributed by atoms with Crippen LogP contribution in [-0.4, -0.2) is 68.6 Å². The number of carbonyl (C=O) groups excluding carboxylic acids is 2.